The van der Waals surface area contributed by atoms with E-state index >= 15 is 0 Å². The molecule has 2 aromatic heterocycles. The van der Waals surface area contributed by atoms with Gasteiger partial charge < -0.3 is 9.88 Å². The van der Waals surface area contributed by atoms with Crippen LogP contribution >= 0.6 is 0 Å². The number of aryl methyl sites for hydroxylation is 4. The molecule has 0 saturated carbocycles. The van der Waals surface area contributed by atoms with Crippen molar-refractivity contribution in [2.75, 3.05) is 23.4 Å². The van der Waals surface area contributed by atoms with Crippen LogP contribution in [0.4, 0.5) is 11.6 Å². The molecule has 0 unspecified atom stereocenters. The molecule has 1 saturated heterocycles. The SMILES string of the molecule is Cc1ccc(CCCc2nc(N/N=C/c3c[nH]c4ccccc34)cc(N3CCCCC3)n2)cc1C. The van der Waals surface area contributed by atoms with E-state index in [1.54, 1.807) is 0 Å². The van der Waals surface area contributed by atoms with Gasteiger partial charge in [0, 0.05) is 48.2 Å². The van der Waals surface area contributed by atoms with Gasteiger partial charge in [-0.1, -0.05) is 36.4 Å². The Kier molecular flexibility index (Phi) is 7.07. The van der Waals surface area contributed by atoms with Gasteiger partial charge in [0.15, 0.2) is 5.82 Å². The molecule has 2 aromatic carbocycles. The summed E-state index contributed by atoms with van der Waals surface area (Å²) in [5.74, 6) is 2.63. The lowest BCUT2D eigenvalue weighted by Gasteiger charge is -2.28. The van der Waals surface area contributed by atoms with Gasteiger partial charge in [-0.05, 0) is 68.7 Å². The number of para-hydroxylation sites is 1. The van der Waals surface area contributed by atoms with Crippen LogP contribution in [0.1, 0.15) is 53.8 Å². The number of hydrogen-bond donors (Lipinski definition) is 2. The van der Waals surface area contributed by atoms with E-state index in [0.717, 1.165) is 66.3 Å². The van der Waals surface area contributed by atoms with Crippen LogP contribution < -0.4 is 10.3 Å². The molecule has 0 atom stereocenters. The third-order valence-electron chi connectivity index (χ3n) is 6.88. The molecular weight excluding hydrogens is 432 g/mol. The van der Waals surface area contributed by atoms with Gasteiger partial charge >= 0.3 is 0 Å². The quantitative estimate of drug-likeness (QED) is 0.240. The minimum absolute atomic E-state index is 0.748. The Labute approximate surface area is 207 Å². The molecule has 6 nitrogen and oxygen atoms in total. The van der Waals surface area contributed by atoms with E-state index in [2.05, 4.69) is 64.6 Å². The van der Waals surface area contributed by atoms with Crippen LogP contribution in [0.3, 0.4) is 0 Å². The van der Waals surface area contributed by atoms with Crippen molar-refractivity contribution < 1.29 is 0 Å². The number of hydrazone groups is 1. The largest absolute Gasteiger partial charge is 0.361 e. The Morgan fingerprint density at radius 3 is 2.69 bits per heavy atom. The van der Waals surface area contributed by atoms with Gasteiger partial charge in [-0.25, -0.2) is 9.97 Å². The second-order valence-corrected chi connectivity index (χ2v) is 9.51. The van der Waals surface area contributed by atoms with Crippen molar-refractivity contribution in [3.05, 3.63) is 82.8 Å². The summed E-state index contributed by atoms with van der Waals surface area (Å²) in [5, 5.41) is 5.66. The van der Waals surface area contributed by atoms with Crippen molar-refractivity contribution in [3.63, 3.8) is 0 Å². The highest BCUT2D eigenvalue weighted by Gasteiger charge is 2.15. The Bertz CT molecular complexity index is 1320. The Hall–Kier alpha value is -3.67. The first-order chi connectivity index (χ1) is 17.2. The van der Waals surface area contributed by atoms with Gasteiger partial charge in [0.2, 0.25) is 0 Å². The number of aromatic amines is 1. The van der Waals surface area contributed by atoms with E-state index in [4.69, 9.17) is 9.97 Å². The van der Waals surface area contributed by atoms with E-state index in [0.29, 0.717) is 0 Å². The highest BCUT2D eigenvalue weighted by atomic mass is 15.3. The summed E-state index contributed by atoms with van der Waals surface area (Å²) >= 11 is 0. The highest BCUT2D eigenvalue weighted by Crippen LogP contribution is 2.22. The highest BCUT2D eigenvalue weighted by molar-refractivity contribution is 5.99. The van der Waals surface area contributed by atoms with Gasteiger partial charge in [0.05, 0.1) is 6.21 Å². The molecular formula is C29H34N6. The maximum atomic E-state index is 4.94. The van der Waals surface area contributed by atoms with Crippen LogP contribution in [-0.4, -0.2) is 34.3 Å². The van der Waals surface area contributed by atoms with Crippen molar-refractivity contribution in [2.45, 2.75) is 52.4 Å². The topological polar surface area (TPSA) is 69.2 Å². The van der Waals surface area contributed by atoms with Crippen LogP contribution in [0.5, 0.6) is 0 Å². The summed E-state index contributed by atoms with van der Waals surface area (Å²) in [7, 11) is 0. The summed E-state index contributed by atoms with van der Waals surface area (Å²) in [5.41, 5.74) is 9.39. The van der Waals surface area contributed by atoms with Crippen LogP contribution in [0, 0.1) is 13.8 Å². The molecule has 0 spiro atoms. The van der Waals surface area contributed by atoms with Crippen molar-refractivity contribution in [2.24, 2.45) is 5.10 Å². The average molecular weight is 467 g/mol. The number of piperidine rings is 1. The monoisotopic (exact) mass is 466 g/mol. The van der Waals surface area contributed by atoms with Crippen molar-refractivity contribution in [3.8, 4) is 0 Å². The lowest BCUT2D eigenvalue weighted by molar-refractivity contribution is 0.571. The second-order valence-electron chi connectivity index (χ2n) is 9.51. The Morgan fingerprint density at radius 1 is 0.971 bits per heavy atom. The summed E-state index contributed by atoms with van der Waals surface area (Å²) in [4.78, 5) is 15.4. The third kappa shape index (κ3) is 5.70. The van der Waals surface area contributed by atoms with Gasteiger partial charge in [0.1, 0.15) is 11.6 Å². The zero-order valence-corrected chi connectivity index (χ0v) is 20.7. The summed E-state index contributed by atoms with van der Waals surface area (Å²) in [6.07, 6.45) is 10.4. The first-order valence-electron chi connectivity index (χ1n) is 12.7. The molecule has 1 aliphatic heterocycles. The summed E-state index contributed by atoms with van der Waals surface area (Å²) in [6, 6.07) is 17.0. The summed E-state index contributed by atoms with van der Waals surface area (Å²) < 4.78 is 0. The fourth-order valence-electron chi connectivity index (χ4n) is 4.72. The average Bonchev–Trinajstić information content (AvgIpc) is 3.30. The standard InChI is InChI=1S/C29H34N6/c1-21-13-14-23(17-22(21)2)9-8-12-27-32-28(18-29(33-27)35-15-6-3-7-16-35)34-31-20-24-19-30-26-11-5-4-10-25(24)26/h4-5,10-11,13-14,17-20,30H,3,6-9,12,15-16H2,1-2H3,(H,32,33,34)/b31-20+. The number of nitrogens with zero attached hydrogens (tertiary/aromatic N) is 4. The number of aromatic nitrogens is 3. The van der Waals surface area contributed by atoms with Gasteiger partial charge in [-0.15, -0.1) is 0 Å². The molecule has 0 radical (unpaired) electrons. The number of H-pyrrole nitrogens is 1. The van der Waals surface area contributed by atoms with E-state index in [-0.39, 0.29) is 0 Å². The number of benzene rings is 2. The third-order valence-corrected chi connectivity index (χ3v) is 6.88. The van der Waals surface area contributed by atoms with E-state index in [1.807, 2.05) is 30.6 Å². The number of fused-ring (bicyclic) bond motifs is 1. The van der Waals surface area contributed by atoms with E-state index < -0.39 is 0 Å². The lowest BCUT2D eigenvalue weighted by atomic mass is 10.0. The van der Waals surface area contributed by atoms with Crippen LogP contribution in [-0.2, 0) is 12.8 Å². The second kappa shape index (κ2) is 10.7. The predicted molar refractivity (Wildman–Crippen MR) is 146 cm³/mol. The van der Waals surface area contributed by atoms with Crippen LogP contribution in [0.15, 0.2) is 59.8 Å². The molecule has 1 fully saturated rings. The van der Waals surface area contributed by atoms with Gasteiger partial charge in [-0.2, -0.15) is 5.10 Å². The smallest absolute Gasteiger partial charge is 0.152 e. The van der Waals surface area contributed by atoms with Crippen LogP contribution in [0.25, 0.3) is 10.9 Å². The minimum Gasteiger partial charge on any atom is -0.361 e. The zero-order valence-electron chi connectivity index (χ0n) is 20.7. The van der Waals surface area contributed by atoms with Crippen molar-refractivity contribution in [1.29, 1.82) is 0 Å². The molecule has 2 N–H and O–H groups in total. The molecule has 35 heavy (non-hydrogen) atoms. The Morgan fingerprint density at radius 2 is 1.83 bits per heavy atom. The van der Waals surface area contributed by atoms with Gasteiger partial charge in [-0.3, -0.25) is 5.43 Å². The van der Waals surface area contributed by atoms with Crippen LogP contribution in [0.2, 0.25) is 0 Å². The Balaban J connectivity index is 1.31. The summed E-state index contributed by atoms with van der Waals surface area (Å²) in [6.45, 7) is 6.45. The van der Waals surface area contributed by atoms with E-state index in [1.165, 1.54) is 36.0 Å². The molecule has 0 bridgehead atoms. The molecule has 0 aliphatic carbocycles. The zero-order chi connectivity index (χ0) is 24.0. The van der Waals surface area contributed by atoms with Gasteiger partial charge in [0.25, 0.3) is 0 Å². The fourth-order valence-corrected chi connectivity index (χ4v) is 4.72. The maximum Gasteiger partial charge on any atom is 0.152 e. The molecule has 1 aliphatic rings. The number of rotatable bonds is 8. The molecule has 4 aromatic rings. The maximum absolute atomic E-state index is 4.94. The molecule has 5 rings (SSSR count). The number of nitrogens with one attached hydrogen (secondary N) is 2. The molecule has 0 amide bonds. The van der Waals surface area contributed by atoms with Crippen molar-refractivity contribution in [1.82, 2.24) is 15.0 Å². The first kappa shape index (κ1) is 23.1. The molecule has 180 valence electrons. The molecule has 3 heterocycles. The van der Waals surface area contributed by atoms with Crippen molar-refractivity contribution >= 4 is 28.8 Å². The normalized spacial score (nSPS) is 14.2. The number of anilines is 2. The molecule has 6 heteroatoms. The number of hydrogen-bond acceptors (Lipinski definition) is 5. The minimum atomic E-state index is 0.748. The van der Waals surface area contributed by atoms with E-state index in [9.17, 15) is 0 Å². The fraction of sp³-hybridized carbons (Fsp3) is 0.345. The first-order valence-corrected chi connectivity index (χ1v) is 12.7. The predicted octanol–water partition coefficient (Wildman–Crippen LogP) is 6.19. The lowest BCUT2D eigenvalue weighted by Crippen LogP contribution is -2.30.